The first kappa shape index (κ1) is 14.4. The summed E-state index contributed by atoms with van der Waals surface area (Å²) in [4.78, 5) is 32.1. The Hall–Kier alpha value is -1.63. The zero-order valence-electron chi connectivity index (χ0n) is 9.25. The summed E-state index contributed by atoms with van der Waals surface area (Å²) in [6.45, 7) is 1.48. The lowest BCUT2D eigenvalue weighted by Crippen LogP contribution is -2.41. The lowest BCUT2D eigenvalue weighted by atomic mass is 10.4. The molecule has 0 saturated carbocycles. The van der Waals surface area contributed by atoms with Crippen LogP contribution in [0, 0.1) is 0 Å². The van der Waals surface area contributed by atoms with Gasteiger partial charge >= 0.3 is 11.8 Å². The molecule has 0 radical (unpaired) electrons. The van der Waals surface area contributed by atoms with Crippen LogP contribution in [0.15, 0.2) is 0 Å². The van der Waals surface area contributed by atoms with E-state index in [1.807, 2.05) is 0 Å². The molecule has 0 atom stereocenters. The molecule has 0 rings (SSSR count). The van der Waals surface area contributed by atoms with Crippen molar-refractivity contribution in [2.24, 2.45) is 0 Å². The first-order chi connectivity index (χ1) is 7.72. The molecule has 0 aliphatic rings. The third-order valence-corrected chi connectivity index (χ3v) is 1.66. The van der Waals surface area contributed by atoms with Crippen molar-refractivity contribution in [3.63, 3.8) is 0 Å². The fraction of sp³-hybridized carbons (Fsp3) is 0.667. The van der Waals surface area contributed by atoms with E-state index < -0.39 is 11.8 Å². The van der Waals surface area contributed by atoms with Crippen molar-refractivity contribution in [3.05, 3.63) is 0 Å². The zero-order valence-corrected chi connectivity index (χ0v) is 9.25. The standard InChI is InChI=1S/C9H17N3O4/c1-16-6-5-12-9(15)8(14)11-4-2-3-10-7-13/h7H,2-6H2,1H3,(H,10,13)(H,11,14)(H,12,15). The predicted octanol–water partition coefficient (Wildman–Crippen LogP) is -2.00. The molecule has 0 heterocycles. The lowest BCUT2D eigenvalue weighted by molar-refractivity contribution is -0.139. The summed E-state index contributed by atoms with van der Waals surface area (Å²) < 4.78 is 4.71. The summed E-state index contributed by atoms with van der Waals surface area (Å²) in [5.74, 6) is -1.36. The molecule has 3 N–H and O–H groups in total. The molecular formula is C9H17N3O4. The van der Waals surface area contributed by atoms with E-state index in [9.17, 15) is 14.4 Å². The second kappa shape index (κ2) is 9.91. The fourth-order valence-corrected chi connectivity index (χ4v) is 0.878. The van der Waals surface area contributed by atoms with E-state index in [4.69, 9.17) is 4.74 Å². The van der Waals surface area contributed by atoms with Gasteiger partial charge < -0.3 is 20.7 Å². The minimum Gasteiger partial charge on any atom is -0.383 e. The van der Waals surface area contributed by atoms with Crippen LogP contribution >= 0.6 is 0 Å². The van der Waals surface area contributed by atoms with Crippen LogP contribution in [-0.2, 0) is 19.1 Å². The van der Waals surface area contributed by atoms with Crippen LogP contribution in [0.25, 0.3) is 0 Å². The van der Waals surface area contributed by atoms with Gasteiger partial charge in [0.15, 0.2) is 0 Å². The molecule has 0 aliphatic heterocycles. The topological polar surface area (TPSA) is 96.5 Å². The number of nitrogens with one attached hydrogen (secondary N) is 3. The highest BCUT2D eigenvalue weighted by molar-refractivity contribution is 6.35. The van der Waals surface area contributed by atoms with Gasteiger partial charge in [0.25, 0.3) is 0 Å². The van der Waals surface area contributed by atoms with E-state index in [0.29, 0.717) is 39.1 Å². The molecule has 16 heavy (non-hydrogen) atoms. The Morgan fingerprint density at radius 1 is 1.12 bits per heavy atom. The van der Waals surface area contributed by atoms with Crippen molar-refractivity contribution in [2.75, 3.05) is 33.4 Å². The summed E-state index contributed by atoms with van der Waals surface area (Å²) >= 11 is 0. The minimum atomic E-state index is -0.680. The van der Waals surface area contributed by atoms with E-state index in [1.165, 1.54) is 7.11 Å². The van der Waals surface area contributed by atoms with Crippen molar-refractivity contribution in [3.8, 4) is 0 Å². The van der Waals surface area contributed by atoms with Gasteiger partial charge in [-0.05, 0) is 6.42 Å². The number of ether oxygens (including phenoxy) is 1. The number of carbonyl (C=O) groups is 3. The van der Waals surface area contributed by atoms with Crippen LogP contribution < -0.4 is 16.0 Å². The average molecular weight is 231 g/mol. The quantitative estimate of drug-likeness (QED) is 0.256. The monoisotopic (exact) mass is 231 g/mol. The number of carbonyl (C=O) groups excluding carboxylic acids is 3. The van der Waals surface area contributed by atoms with E-state index in [0.717, 1.165) is 0 Å². The molecule has 0 bridgehead atoms. The number of amides is 3. The van der Waals surface area contributed by atoms with E-state index in [1.54, 1.807) is 0 Å². The van der Waals surface area contributed by atoms with Gasteiger partial charge in [-0.1, -0.05) is 0 Å². The highest BCUT2D eigenvalue weighted by Crippen LogP contribution is 1.75. The highest BCUT2D eigenvalue weighted by Gasteiger charge is 2.10. The van der Waals surface area contributed by atoms with Crippen LogP contribution in [0.1, 0.15) is 6.42 Å². The second-order valence-corrected chi connectivity index (χ2v) is 2.93. The molecule has 0 saturated heterocycles. The molecule has 0 aromatic carbocycles. The maximum absolute atomic E-state index is 11.1. The van der Waals surface area contributed by atoms with Crippen LogP contribution in [0.4, 0.5) is 0 Å². The molecule has 0 fully saturated rings. The van der Waals surface area contributed by atoms with Gasteiger partial charge in [-0.2, -0.15) is 0 Å². The summed E-state index contributed by atoms with van der Waals surface area (Å²) in [5, 5.41) is 7.25. The Morgan fingerprint density at radius 2 is 1.75 bits per heavy atom. The Bertz CT molecular complexity index is 233. The molecular weight excluding hydrogens is 214 g/mol. The molecule has 0 aliphatic carbocycles. The first-order valence-electron chi connectivity index (χ1n) is 4.94. The van der Waals surface area contributed by atoms with Crippen LogP contribution in [-0.4, -0.2) is 51.6 Å². The minimum absolute atomic E-state index is 0.301. The molecule has 92 valence electrons. The molecule has 0 aromatic rings. The Kier molecular flexibility index (Phi) is 8.90. The second-order valence-electron chi connectivity index (χ2n) is 2.93. The number of hydrogen-bond acceptors (Lipinski definition) is 4. The van der Waals surface area contributed by atoms with Crippen molar-refractivity contribution in [2.45, 2.75) is 6.42 Å². The molecule has 0 unspecified atom stereocenters. The Morgan fingerprint density at radius 3 is 2.31 bits per heavy atom. The van der Waals surface area contributed by atoms with Crippen LogP contribution in [0.5, 0.6) is 0 Å². The predicted molar refractivity (Wildman–Crippen MR) is 56.6 cm³/mol. The van der Waals surface area contributed by atoms with Crippen molar-refractivity contribution < 1.29 is 19.1 Å². The largest absolute Gasteiger partial charge is 0.383 e. The Labute approximate surface area is 93.9 Å². The van der Waals surface area contributed by atoms with Gasteiger partial charge in [-0.15, -0.1) is 0 Å². The molecule has 7 heteroatoms. The van der Waals surface area contributed by atoms with Gasteiger partial charge in [0.1, 0.15) is 0 Å². The maximum Gasteiger partial charge on any atom is 0.309 e. The van der Waals surface area contributed by atoms with E-state index >= 15 is 0 Å². The maximum atomic E-state index is 11.1. The van der Waals surface area contributed by atoms with Gasteiger partial charge in [0.2, 0.25) is 6.41 Å². The van der Waals surface area contributed by atoms with Crippen molar-refractivity contribution in [1.29, 1.82) is 0 Å². The third kappa shape index (κ3) is 7.74. The number of rotatable bonds is 8. The van der Waals surface area contributed by atoms with Crippen LogP contribution in [0.2, 0.25) is 0 Å². The molecule has 7 nitrogen and oxygen atoms in total. The Balaban J connectivity index is 3.47. The van der Waals surface area contributed by atoms with Crippen molar-refractivity contribution >= 4 is 18.2 Å². The van der Waals surface area contributed by atoms with Crippen molar-refractivity contribution in [1.82, 2.24) is 16.0 Å². The van der Waals surface area contributed by atoms with Gasteiger partial charge in [0, 0.05) is 26.7 Å². The first-order valence-corrected chi connectivity index (χ1v) is 4.94. The summed E-state index contributed by atoms with van der Waals surface area (Å²) in [7, 11) is 1.51. The number of methoxy groups -OCH3 is 1. The molecule has 3 amide bonds. The van der Waals surface area contributed by atoms with Gasteiger partial charge in [0.05, 0.1) is 6.61 Å². The van der Waals surface area contributed by atoms with E-state index in [2.05, 4.69) is 16.0 Å². The van der Waals surface area contributed by atoms with Crippen LogP contribution in [0.3, 0.4) is 0 Å². The lowest BCUT2D eigenvalue weighted by Gasteiger charge is -2.05. The average Bonchev–Trinajstić information content (AvgIpc) is 2.28. The highest BCUT2D eigenvalue weighted by atomic mass is 16.5. The number of hydrogen-bond donors (Lipinski definition) is 3. The summed E-state index contributed by atoms with van der Waals surface area (Å²) in [6, 6.07) is 0. The third-order valence-electron chi connectivity index (χ3n) is 1.66. The smallest absolute Gasteiger partial charge is 0.309 e. The van der Waals surface area contributed by atoms with Gasteiger partial charge in [-0.25, -0.2) is 0 Å². The fourth-order valence-electron chi connectivity index (χ4n) is 0.878. The van der Waals surface area contributed by atoms with E-state index in [-0.39, 0.29) is 0 Å². The molecule has 0 aromatic heterocycles. The zero-order chi connectivity index (χ0) is 12.2. The summed E-state index contributed by atoms with van der Waals surface area (Å²) in [6.07, 6.45) is 1.16. The van der Waals surface area contributed by atoms with Gasteiger partial charge in [-0.3, -0.25) is 14.4 Å². The molecule has 0 spiro atoms. The SMILES string of the molecule is COCCNC(=O)C(=O)NCCCNC=O. The summed E-state index contributed by atoms with van der Waals surface area (Å²) in [5.41, 5.74) is 0. The normalized spacial score (nSPS) is 9.31.